The molecule has 0 fully saturated rings. The van der Waals surface area contributed by atoms with Gasteiger partial charge >= 0.3 is 0 Å². The van der Waals surface area contributed by atoms with Gasteiger partial charge < -0.3 is 10.2 Å². The zero-order valence-electron chi connectivity index (χ0n) is 27.3. The third kappa shape index (κ3) is 9.37. The van der Waals surface area contributed by atoms with Crippen LogP contribution in [0.15, 0.2) is 95.9 Å². The van der Waals surface area contributed by atoms with E-state index in [0.29, 0.717) is 27.7 Å². The molecule has 0 aromatic heterocycles. The minimum Gasteiger partial charge on any atom is -0.352 e. The monoisotopic (exact) mass is 693 g/mol. The quantitative estimate of drug-likeness (QED) is 0.156. The number of amides is 2. The number of sulfonamides is 1. The number of rotatable bonds is 13. The fraction of sp³-hybridized carbons (Fsp3) is 0.297. The van der Waals surface area contributed by atoms with Gasteiger partial charge in [0.2, 0.25) is 11.8 Å². The Kier molecular flexibility index (Phi) is 12.1. The number of aryl methyl sites for hydroxylation is 3. The fourth-order valence-corrected chi connectivity index (χ4v) is 7.16. The summed E-state index contributed by atoms with van der Waals surface area (Å²) < 4.78 is 29.7. The van der Waals surface area contributed by atoms with Crippen molar-refractivity contribution >= 4 is 50.7 Å². The van der Waals surface area contributed by atoms with Crippen LogP contribution >= 0.6 is 23.2 Å². The minimum absolute atomic E-state index is 0.0501. The van der Waals surface area contributed by atoms with Gasteiger partial charge in [-0.2, -0.15) is 0 Å². The maximum Gasteiger partial charge on any atom is 0.264 e. The molecule has 0 bridgehead atoms. The summed E-state index contributed by atoms with van der Waals surface area (Å²) in [5.41, 5.74) is 4.35. The Balaban J connectivity index is 1.85. The van der Waals surface area contributed by atoms with Crippen molar-refractivity contribution in [2.24, 2.45) is 0 Å². The SMILES string of the molecule is CCC(C)NC(=O)C(Cc1ccccc1)N(Cc1ccc(Cl)cc1Cl)C(=O)CN(c1cc(C)cc(C)c1)S(=O)(=O)c1ccc(C)cc1. The van der Waals surface area contributed by atoms with E-state index in [1.807, 2.05) is 71.0 Å². The number of hydrogen-bond donors (Lipinski definition) is 1. The number of nitrogens with zero attached hydrogens (tertiary/aromatic N) is 2. The zero-order valence-corrected chi connectivity index (χ0v) is 29.7. The van der Waals surface area contributed by atoms with Crippen LogP contribution in [-0.2, 0) is 32.6 Å². The first-order valence-electron chi connectivity index (χ1n) is 15.5. The van der Waals surface area contributed by atoms with Crippen molar-refractivity contribution in [3.05, 3.63) is 129 Å². The van der Waals surface area contributed by atoms with Gasteiger partial charge in [0, 0.05) is 29.1 Å². The smallest absolute Gasteiger partial charge is 0.264 e. The number of benzene rings is 4. The normalized spacial score (nSPS) is 12.7. The standard InChI is InChI=1S/C37H41Cl2N3O4S/c1-6-28(5)40-37(44)35(21-29-10-8-7-9-11-29)41(23-30-14-15-31(38)22-34(30)39)36(43)24-42(32-19-26(3)18-27(4)20-32)47(45,46)33-16-12-25(2)13-17-33/h7-20,22,28,35H,6,21,23-24H2,1-5H3,(H,40,44). The molecule has 7 nitrogen and oxygen atoms in total. The van der Waals surface area contributed by atoms with Crippen LogP contribution in [0.5, 0.6) is 0 Å². The molecular formula is C37H41Cl2N3O4S. The van der Waals surface area contributed by atoms with E-state index in [1.54, 1.807) is 42.5 Å². The van der Waals surface area contributed by atoms with E-state index in [9.17, 15) is 18.0 Å². The first kappa shape index (κ1) is 36.0. The minimum atomic E-state index is -4.21. The Morgan fingerprint density at radius 1 is 0.830 bits per heavy atom. The average molecular weight is 695 g/mol. The molecule has 2 atom stereocenters. The largest absolute Gasteiger partial charge is 0.352 e. The van der Waals surface area contributed by atoms with Crippen LogP contribution in [0, 0.1) is 20.8 Å². The molecule has 4 aromatic carbocycles. The average Bonchev–Trinajstić information content (AvgIpc) is 3.02. The lowest BCUT2D eigenvalue weighted by Gasteiger charge is -2.34. The van der Waals surface area contributed by atoms with E-state index in [0.717, 1.165) is 26.6 Å². The van der Waals surface area contributed by atoms with E-state index in [4.69, 9.17) is 23.2 Å². The van der Waals surface area contributed by atoms with Gasteiger partial charge in [-0.1, -0.05) is 90.3 Å². The van der Waals surface area contributed by atoms with E-state index < -0.39 is 28.5 Å². The van der Waals surface area contributed by atoms with Crippen LogP contribution in [-0.4, -0.2) is 43.8 Å². The fourth-order valence-electron chi connectivity index (χ4n) is 5.29. The molecule has 4 aromatic rings. The lowest BCUT2D eigenvalue weighted by atomic mass is 10.0. The third-order valence-electron chi connectivity index (χ3n) is 8.01. The third-order valence-corrected chi connectivity index (χ3v) is 10.4. The predicted octanol–water partition coefficient (Wildman–Crippen LogP) is 7.67. The van der Waals surface area contributed by atoms with E-state index in [-0.39, 0.29) is 29.8 Å². The summed E-state index contributed by atoms with van der Waals surface area (Å²) >= 11 is 12.8. The summed E-state index contributed by atoms with van der Waals surface area (Å²) in [7, 11) is -4.21. The van der Waals surface area contributed by atoms with Gasteiger partial charge in [-0.25, -0.2) is 8.42 Å². The van der Waals surface area contributed by atoms with Crippen LogP contribution in [0.3, 0.4) is 0 Å². The lowest BCUT2D eigenvalue weighted by Crippen LogP contribution is -2.54. The van der Waals surface area contributed by atoms with Gasteiger partial charge in [0.1, 0.15) is 12.6 Å². The van der Waals surface area contributed by atoms with Crippen molar-refractivity contribution in [1.29, 1.82) is 0 Å². The maximum atomic E-state index is 14.7. The molecule has 0 aliphatic heterocycles. The molecule has 0 saturated carbocycles. The van der Waals surface area contributed by atoms with Crippen molar-refractivity contribution < 1.29 is 18.0 Å². The molecule has 0 spiro atoms. The van der Waals surface area contributed by atoms with E-state index in [1.165, 1.54) is 17.0 Å². The predicted molar refractivity (Wildman–Crippen MR) is 190 cm³/mol. The molecule has 0 aliphatic rings. The topological polar surface area (TPSA) is 86.8 Å². The van der Waals surface area contributed by atoms with Gasteiger partial charge in [0.15, 0.2) is 0 Å². The summed E-state index contributed by atoms with van der Waals surface area (Å²) in [4.78, 5) is 30.2. The van der Waals surface area contributed by atoms with E-state index in [2.05, 4.69) is 5.32 Å². The molecule has 0 aliphatic carbocycles. The molecule has 248 valence electrons. The summed E-state index contributed by atoms with van der Waals surface area (Å²) in [6, 6.07) is 25.2. The number of hydrogen-bond acceptors (Lipinski definition) is 4. The molecule has 1 N–H and O–H groups in total. The van der Waals surface area contributed by atoms with Crippen LogP contribution in [0.2, 0.25) is 10.0 Å². The second-order valence-corrected chi connectivity index (χ2v) is 14.7. The zero-order chi connectivity index (χ0) is 34.3. The van der Waals surface area contributed by atoms with Crippen molar-refractivity contribution in [3.63, 3.8) is 0 Å². The molecule has 47 heavy (non-hydrogen) atoms. The van der Waals surface area contributed by atoms with Gasteiger partial charge in [-0.15, -0.1) is 0 Å². The summed E-state index contributed by atoms with van der Waals surface area (Å²) in [5, 5.41) is 3.79. The van der Waals surface area contributed by atoms with Crippen LogP contribution in [0.25, 0.3) is 0 Å². The molecule has 0 radical (unpaired) electrons. The summed E-state index contributed by atoms with van der Waals surface area (Å²) in [6.07, 6.45) is 0.893. The Morgan fingerprint density at radius 2 is 1.47 bits per heavy atom. The van der Waals surface area contributed by atoms with Crippen LogP contribution < -0.4 is 9.62 Å². The second-order valence-electron chi connectivity index (χ2n) is 12.0. The van der Waals surface area contributed by atoms with Crippen molar-refractivity contribution in [3.8, 4) is 0 Å². The Morgan fingerprint density at radius 3 is 2.06 bits per heavy atom. The molecule has 4 rings (SSSR count). The molecule has 0 saturated heterocycles. The molecular weight excluding hydrogens is 653 g/mol. The van der Waals surface area contributed by atoms with Gasteiger partial charge in [-0.3, -0.25) is 13.9 Å². The summed E-state index contributed by atoms with van der Waals surface area (Å²) in [5.74, 6) is -0.910. The van der Waals surface area contributed by atoms with Crippen LogP contribution in [0.4, 0.5) is 5.69 Å². The van der Waals surface area contributed by atoms with Crippen molar-refractivity contribution in [2.75, 3.05) is 10.8 Å². The van der Waals surface area contributed by atoms with Crippen molar-refractivity contribution in [1.82, 2.24) is 10.2 Å². The maximum absolute atomic E-state index is 14.7. The number of carbonyl (C=O) groups is 2. The van der Waals surface area contributed by atoms with E-state index >= 15 is 0 Å². The highest BCUT2D eigenvalue weighted by atomic mass is 35.5. The van der Waals surface area contributed by atoms with Gasteiger partial charge in [-0.05, 0) is 92.8 Å². The molecule has 2 amide bonds. The Labute approximate surface area is 288 Å². The molecule has 0 heterocycles. The number of halogens is 2. The first-order valence-corrected chi connectivity index (χ1v) is 17.7. The van der Waals surface area contributed by atoms with Crippen molar-refractivity contribution in [2.45, 2.75) is 71.0 Å². The second kappa shape index (κ2) is 15.8. The van der Waals surface area contributed by atoms with Gasteiger partial charge in [0.25, 0.3) is 10.0 Å². The highest BCUT2D eigenvalue weighted by Gasteiger charge is 2.35. The highest BCUT2D eigenvalue weighted by Crippen LogP contribution is 2.28. The number of carbonyl (C=O) groups excluding carboxylic acids is 2. The number of nitrogens with one attached hydrogen (secondary N) is 1. The van der Waals surface area contributed by atoms with Gasteiger partial charge in [0.05, 0.1) is 10.6 Å². The Hall–Kier alpha value is -3.85. The highest BCUT2D eigenvalue weighted by molar-refractivity contribution is 7.92. The lowest BCUT2D eigenvalue weighted by molar-refractivity contribution is -0.140. The number of anilines is 1. The summed E-state index contributed by atoms with van der Waals surface area (Å²) in [6.45, 7) is 8.88. The van der Waals surface area contributed by atoms with Crippen LogP contribution in [0.1, 0.15) is 48.1 Å². The molecule has 10 heteroatoms. The Bertz CT molecular complexity index is 1800. The first-order chi connectivity index (χ1) is 22.3. The molecule has 2 unspecified atom stereocenters.